The fraction of sp³-hybridized carbons (Fsp3) is 0.188. The summed E-state index contributed by atoms with van der Waals surface area (Å²) in [4.78, 5) is 26.5. The second-order valence-electron chi connectivity index (χ2n) is 10.8. The van der Waals surface area contributed by atoms with Crippen molar-refractivity contribution in [1.82, 2.24) is 28.3 Å². The average molecular weight is 611 g/mol. The highest BCUT2D eigenvalue weighted by Gasteiger charge is 2.22. The van der Waals surface area contributed by atoms with Crippen molar-refractivity contribution in [1.29, 1.82) is 0 Å². The third-order valence-corrected chi connectivity index (χ3v) is 7.55. The fourth-order valence-electron chi connectivity index (χ4n) is 5.34. The Labute approximate surface area is 254 Å². The summed E-state index contributed by atoms with van der Waals surface area (Å²) >= 11 is 0. The Morgan fingerprint density at radius 1 is 1.02 bits per heavy atom. The van der Waals surface area contributed by atoms with Crippen molar-refractivity contribution >= 4 is 28.4 Å². The van der Waals surface area contributed by atoms with Crippen LogP contribution < -0.4 is 15.8 Å². The monoisotopic (exact) mass is 610 g/mol. The molecular weight excluding hydrogens is 582 g/mol. The molecule has 4 aromatic heterocycles. The Morgan fingerprint density at radius 2 is 1.84 bits per heavy atom. The summed E-state index contributed by atoms with van der Waals surface area (Å²) in [5.41, 5.74) is 12.8. The number of hydrogen-bond acceptors (Lipinski definition) is 7. The van der Waals surface area contributed by atoms with Gasteiger partial charge in [-0.15, -0.1) is 0 Å². The number of carbonyl (C=O) groups excluding carboxylic acids is 1. The van der Waals surface area contributed by atoms with E-state index in [0.29, 0.717) is 46.1 Å². The van der Waals surface area contributed by atoms with Gasteiger partial charge in [0.15, 0.2) is 0 Å². The van der Waals surface area contributed by atoms with Crippen molar-refractivity contribution in [2.24, 2.45) is 0 Å². The number of alkyl halides is 2. The summed E-state index contributed by atoms with van der Waals surface area (Å²) in [6.45, 7) is 6.33. The first-order valence-electron chi connectivity index (χ1n) is 14.3. The van der Waals surface area contributed by atoms with Gasteiger partial charge in [-0.25, -0.2) is 18.7 Å². The molecule has 1 aromatic carbocycles. The maximum absolute atomic E-state index is 13.1. The van der Waals surface area contributed by atoms with Crippen molar-refractivity contribution in [3.63, 3.8) is 0 Å². The number of nitrogens with one attached hydrogen (secondary N) is 1. The summed E-state index contributed by atoms with van der Waals surface area (Å²) in [6.07, 6.45) is 7.60. The molecule has 0 saturated carbocycles. The molecular formula is C32H28F2N8O3. The number of benzene rings is 1. The predicted molar refractivity (Wildman–Crippen MR) is 163 cm³/mol. The molecule has 1 amide bonds. The maximum Gasteiger partial charge on any atom is 0.268 e. The normalized spacial score (nSPS) is 11.9. The number of ether oxygens (including phenoxy) is 1. The summed E-state index contributed by atoms with van der Waals surface area (Å²) < 4.78 is 43.9. The average Bonchev–Trinajstić information content (AvgIpc) is 3.71. The van der Waals surface area contributed by atoms with E-state index >= 15 is 0 Å². The van der Waals surface area contributed by atoms with Crippen LogP contribution in [-0.2, 0) is 0 Å². The van der Waals surface area contributed by atoms with Crippen LogP contribution in [0.1, 0.15) is 49.2 Å². The number of hydrogen-bond donors (Lipinski definition) is 2. The van der Waals surface area contributed by atoms with E-state index in [1.165, 1.54) is 12.3 Å². The molecule has 228 valence electrons. The number of imidazole rings is 1. The lowest BCUT2D eigenvalue weighted by molar-refractivity contribution is 0.102. The third-order valence-electron chi connectivity index (χ3n) is 7.55. The van der Waals surface area contributed by atoms with Crippen molar-refractivity contribution < 1.29 is 22.7 Å². The molecule has 0 saturated heterocycles. The number of halogens is 2. The first kappa shape index (κ1) is 28.1. The highest BCUT2D eigenvalue weighted by molar-refractivity contribution is 6.05. The highest BCUT2D eigenvalue weighted by Crippen LogP contribution is 2.38. The first-order valence-corrected chi connectivity index (χ1v) is 14.3. The quantitative estimate of drug-likeness (QED) is 0.199. The van der Waals surface area contributed by atoms with Gasteiger partial charge >= 0.3 is 0 Å². The van der Waals surface area contributed by atoms with Crippen LogP contribution in [0.2, 0.25) is 0 Å². The zero-order valence-corrected chi connectivity index (χ0v) is 24.5. The molecule has 0 bridgehead atoms. The highest BCUT2D eigenvalue weighted by atomic mass is 19.3. The summed E-state index contributed by atoms with van der Waals surface area (Å²) in [7, 11) is 0. The Hall–Kier alpha value is -5.72. The molecule has 7 rings (SSSR count). The van der Waals surface area contributed by atoms with Crippen LogP contribution >= 0.6 is 0 Å². The number of nitrogens with two attached hydrogens (primary N) is 1. The van der Waals surface area contributed by atoms with Crippen molar-refractivity contribution in [3.8, 4) is 28.3 Å². The van der Waals surface area contributed by atoms with Gasteiger partial charge in [-0.05, 0) is 57.2 Å². The van der Waals surface area contributed by atoms with E-state index in [-0.39, 0.29) is 23.0 Å². The van der Waals surface area contributed by atoms with E-state index < -0.39 is 12.3 Å². The Balaban J connectivity index is 1.31. The maximum atomic E-state index is 13.1. The van der Waals surface area contributed by atoms with E-state index in [1.807, 2.05) is 34.2 Å². The van der Waals surface area contributed by atoms with Crippen LogP contribution in [0.15, 0.2) is 78.1 Å². The number of rotatable bonds is 8. The van der Waals surface area contributed by atoms with Gasteiger partial charge in [0.05, 0.1) is 17.6 Å². The molecule has 45 heavy (non-hydrogen) atoms. The zero-order valence-electron chi connectivity index (χ0n) is 24.5. The molecule has 5 aromatic rings. The molecule has 0 radical (unpaired) electrons. The molecule has 6 heterocycles. The summed E-state index contributed by atoms with van der Waals surface area (Å²) in [5.74, 6) is -0.0986. The Morgan fingerprint density at radius 3 is 2.62 bits per heavy atom. The molecule has 0 unspecified atom stereocenters. The molecule has 0 aliphatic carbocycles. The number of carbonyl (C=O) groups is 1. The number of fused-ring (bicyclic) bond motifs is 3. The minimum absolute atomic E-state index is 0.0187. The van der Waals surface area contributed by atoms with Crippen molar-refractivity contribution in [3.05, 3.63) is 95.9 Å². The van der Waals surface area contributed by atoms with Crippen molar-refractivity contribution in [2.45, 2.75) is 33.2 Å². The van der Waals surface area contributed by atoms with Crippen LogP contribution in [-0.4, -0.2) is 40.8 Å². The molecule has 11 nitrogen and oxygen atoms in total. The van der Waals surface area contributed by atoms with Crippen LogP contribution in [0.4, 0.5) is 20.3 Å². The molecule has 2 aliphatic heterocycles. The SMILES string of the molecule is CCOc1cc(C(=O)Nc2cc(C(F)F)ccn2)ccc1-c1ncn2ccnc(-c3cn4c5oc=5n(C(C)C)cc4cc3N)c12. The van der Waals surface area contributed by atoms with Gasteiger partial charge in [-0.1, -0.05) is 0 Å². The molecule has 0 spiro atoms. The molecule has 2 aliphatic rings. The number of pyridine rings is 2. The van der Waals surface area contributed by atoms with Gasteiger partial charge in [-0.3, -0.25) is 14.2 Å². The minimum atomic E-state index is -2.68. The van der Waals surface area contributed by atoms with E-state index in [0.717, 1.165) is 22.7 Å². The summed E-state index contributed by atoms with van der Waals surface area (Å²) in [5, 5.41) is 2.58. The molecule has 3 N–H and O–H groups in total. The van der Waals surface area contributed by atoms with Crippen molar-refractivity contribution in [2.75, 3.05) is 17.7 Å². The Bertz CT molecular complexity index is 2280. The van der Waals surface area contributed by atoms with Gasteiger partial charge in [0, 0.05) is 65.0 Å². The predicted octanol–water partition coefficient (Wildman–Crippen LogP) is 6.58. The van der Waals surface area contributed by atoms with Crippen LogP contribution in [0.3, 0.4) is 0 Å². The number of nitrogens with zero attached hydrogens (tertiary/aromatic N) is 6. The lowest BCUT2D eigenvalue weighted by Crippen LogP contribution is -2.13. The molecule has 0 atom stereocenters. The number of nitrogen functional groups attached to an aromatic ring is 1. The molecule has 13 heteroatoms. The summed E-state index contributed by atoms with van der Waals surface area (Å²) in [6, 6.07) is 9.39. The van der Waals surface area contributed by atoms with E-state index in [1.54, 1.807) is 36.9 Å². The zero-order chi connectivity index (χ0) is 31.4. The second kappa shape index (κ2) is 10.8. The largest absolute Gasteiger partial charge is 0.493 e. The van der Waals surface area contributed by atoms with Crippen LogP contribution in [0.5, 0.6) is 5.75 Å². The van der Waals surface area contributed by atoms with E-state index in [4.69, 9.17) is 24.9 Å². The lowest BCUT2D eigenvalue weighted by atomic mass is 10.0. The number of amides is 1. The topological polar surface area (TPSA) is 130 Å². The van der Waals surface area contributed by atoms with E-state index in [2.05, 4.69) is 28.7 Å². The van der Waals surface area contributed by atoms with Gasteiger partial charge < -0.3 is 29.2 Å². The molecule has 0 fully saturated rings. The number of anilines is 2. The fourth-order valence-corrected chi connectivity index (χ4v) is 5.34. The third kappa shape index (κ3) is 4.91. The van der Waals surface area contributed by atoms with E-state index in [9.17, 15) is 13.6 Å². The Kier molecular flexibility index (Phi) is 6.72. The second-order valence-corrected chi connectivity index (χ2v) is 10.8. The van der Waals surface area contributed by atoms with Gasteiger partial charge in [-0.2, -0.15) is 0 Å². The van der Waals surface area contributed by atoms with Crippen LogP contribution in [0.25, 0.3) is 33.5 Å². The van der Waals surface area contributed by atoms with Gasteiger partial charge in [0.1, 0.15) is 29.3 Å². The minimum Gasteiger partial charge on any atom is -0.493 e. The van der Waals surface area contributed by atoms with Gasteiger partial charge in [0.25, 0.3) is 23.4 Å². The first-order chi connectivity index (χ1) is 21.7. The number of aromatic nitrogens is 6. The van der Waals surface area contributed by atoms with Crippen LogP contribution in [0, 0.1) is 11.1 Å². The standard InChI is InChI=1S/C32H28F2N8O3/c1-4-44-24-11-19(30(43)39-25-12-18(29(33)34)7-8-36-25)5-6-21(24)26-28-27(37-9-10-40(28)16-38-26)22-15-42-20(13-23(22)35)14-41(17(2)3)31-32(42)45-31/h5-17,29H,4,35H2,1-3H3,(H,36,39,43). The lowest BCUT2D eigenvalue weighted by Gasteiger charge is -2.14. The van der Waals surface area contributed by atoms with Gasteiger partial charge in [0.2, 0.25) is 0 Å². The smallest absolute Gasteiger partial charge is 0.268 e.